The number of rotatable bonds is 6. The smallest absolute Gasteiger partial charge is 0.118 e. The van der Waals surface area contributed by atoms with Crippen LogP contribution in [0.15, 0.2) is 16.5 Å². The van der Waals surface area contributed by atoms with E-state index in [0.29, 0.717) is 6.54 Å². The Morgan fingerprint density at radius 2 is 1.74 bits per heavy atom. The van der Waals surface area contributed by atoms with Gasteiger partial charge >= 0.3 is 0 Å². The van der Waals surface area contributed by atoms with Crippen LogP contribution in [0.1, 0.15) is 11.5 Å². The zero-order valence-electron chi connectivity index (χ0n) is 12.1. The zero-order chi connectivity index (χ0) is 13.7. The van der Waals surface area contributed by atoms with E-state index in [1.807, 2.05) is 12.1 Å². The number of nitrogens with two attached hydrogens (primary N) is 1. The standard InChI is InChI=1S/C14H26N4O/c1-16(2)5-6-17-7-9-18(10-8-17)12-14-4-3-13(11-15)19-14/h3-4H,5-12,15H2,1-2H3. The first-order chi connectivity index (χ1) is 9.17. The normalized spacial score (nSPS) is 18.3. The quantitative estimate of drug-likeness (QED) is 0.808. The fourth-order valence-electron chi connectivity index (χ4n) is 2.35. The summed E-state index contributed by atoms with van der Waals surface area (Å²) in [4.78, 5) is 7.22. The van der Waals surface area contributed by atoms with E-state index in [1.165, 1.54) is 6.54 Å². The van der Waals surface area contributed by atoms with Crippen molar-refractivity contribution < 1.29 is 4.42 Å². The van der Waals surface area contributed by atoms with Gasteiger partial charge < -0.3 is 15.1 Å². The summed E-state index contributed by atoms with van der Waals surface area (Å²) in [5.74, 6) is 1.90. The predicted molar refractivity (Wildman–Crippen MR) is 76.9 cm³/mol. The fraction of sp³-hybridized carbons (Fsp3) is 0.714. The number of furan rings is 1. The molecular formula is C14H26N4O. The lowest BCUT2D eigenvalue weighted by atomic mass is 10.3. The minimum atomic E-state index is 0.484. The molecule has 0 atom stereocenters. The number of nitrogens with zero attached hydrogens (tertiary/aromatic N) is 3. The molecule has 5 nitrogen and oxygen atoms in total. The molecule has 108 valence electrons. The molecule has 1 aliphatic heterocycles. The Bertz CT molecular complexity index is 369. The van der Waals surface area contributed by atoms with Crippen molar-refractivity contribution in [3.8, 4) is 0 Å². The van der Waals surface area contributed by atoms with E-state index in [4.69, 9.17) is 10.2 Å². The van der Waals surface area contributed by atoms with Crippen molar-refractivity contribution in [2.75, 3.05) is 53.4 Å². The van der Waals surface area contributed by atoms with Crippen LogP contribution in [-0.2, 0) is 13.1 Å². The summed E-state index contributed by atoms with van der Waals surface area (Å²) in [6.07, 6.45) is 0. The van der Waals surface area contributed by atoms with Crippen molar-refractivity contribution >= 4 is 0 Å². The van der Waals surface area contributed by atoms with Crippen LogP contribution in [0.25, 0.3) is 0 Å². The van der Waals surface area contributed by atoms with E-state index in [9.17, 15) is 0 Å². The van der Waals surface area contributed by atoms with Crippen molar-refractivity contribution in [3.63, 3.8) is 0 Å². The zero-order valence-corrected chi connectivity index (χ0v) is 12.1. The Morgan fingerprint density at radius 1 is 1.11 bits per heavy atom. The number of piperazine rings is 1. The minimum absolute atomic E-state index is 0.484. The number of hydrogen-bond donors (Lipinski definition) is 1. The summed E-state index contributed by atoms with van der Waals surface area (Å²) in [5, 5.41) is 0. The molecule has 2 N–H and O–H groups in total. The first-order valence-corrected chi connectivity index (χ1v) is 7.04. The van der Waals surface area contributed by atoms with E-state index in [0.717, 1.165) is 50.8 Å². The molecule has 0 unspecified atom stereocenters. The van der Waals surface area contributed by atoms with E-state index < -0.39 is 0 Å². The van der Waals surface area contributed by atoms with Crippen molar-refractivity contribution in [2.45, 2.75) is 13.1 Å². The summed E-state index contributed by atoms with van der Waals surface area (Å²) in [6, 6.07) is 4.02. The van der Waals surface area contributed by atoms with Gasteiger partial charge in [0, 0.05) is 39.3 Å². The van der Waals surface area contributed by atoms with Gasteiger partial charge in [0.15, 0.2) is 0 Å². The molecule has 2 heterocycles. The second-order valence-electron chi connectivity index (χ2n) is 5.49. The number of likely N-dealkylation sites (N-methyl/N-ethyl adjacent to an activating group) is 1. The molecule has 1 saturated heterocycles. The van der Waals surface area contributed by atoms with Crippen LogP contribution >= 0.6 is 0 Å². The monoisotopic (exact) mass is 266 g/mol. The maximum Gasteiger partial charge on any atom is 0.118 e. The SMILES string of the molecule is CN(C)CCN1CCN(Cc2ccc(CN)o2)CC1. The van der Waals surface area contributed by atoms with Crippen LogP contribution in [-0.4, -0.2) is 68.1 Å². The van der Waals surface area contributed by atoms with Crippen molar-refractivity contribution in [1.82, 2.24) is 14.7 Å². The Morgan fingerprint density at radius 3 is 2.32 bits per heavy atom. The maximum atomic E-state index is 5.65. The topological polar surface area (TPSA) is 48.9 Å². The van der Waals surface area contributed by atoms with Gasteiger partial charge in [-0.1, -0.05) is 0 Å². The molecule has 1 fully saturated rings. The molecule has 2 rings (SSSR count). The first kappa shape index (κ1) is 14.5. The Labute approximate surface area is 115 Å². The lowest BCUT2D eigenvalue weighted by molar-refractivity contribution is 0.114. The van der Waals surface area contributed by atoms with Crippen LogP contribution in [0.5, 0.6) is 0 Å². The third kappa shape index (κ3) is 4.62. The van der Waals surface area contributed by atoms with Crippen LogP contribution < -0.4 is 5.73 Å². The third-order valence-electron chi connectivity index (χ3n) is 3.63. The summed E-state index contributed by atoms with van der Waals surface area (Å²) in [5.41, 5.74) is 5.55. The van der Waals surface area contributed by atoms with Gasteiger partial charge in [-0.2, -0.15) is 0 Å². The van der Waals surface area contributed by atoms with Crippen LogP contribution in [0.3, 0.4) is 0 Å². The van der Waals surface area contributed by atoms with Crippen molar-refractivity contribution in [3.05, 3.63) is 23.7 Å². The molecule has 0 spiro atoms. The van der Waals surface area contributed by atoms with Crippen molar-refractivity contribution in [1.29, 1.82) is 0 Å². The van der Waals surface area contributed by atoms with Gasteiger partial charge in [-0.15, -0.1) is 0 Å². The van der Waals surface area contributed by atoms with Gasteiger partial charge in [0.05, 0.1) is 13.1 Å². The van der Waals surface area contributed by atoms with E-state index >= 15 is 0 Å². The molecule has 0 radical (unpaired) electrons. The summed E-state index contributed by atoms with van der Waals surface area (Å²) >= 11 is 0. The second kappa shape index (κ2) is 7.05. The summed E-state index contributed by atoms with van der Waals surface area (Å²) in [7, 11) is 4.25. The van der Waals surface area contributed by atoms with Gasteiger partial charge in [0.25, 0.3) is 0 Å². The van der Waals surface area contributed by atoms with Crippen LogP contribution in [0.2, 0.25) is 0 Å². The van der Waals surface area contributed by atoms with Gasteiger partial charge in [0.2, 0.25) is 0 Å². The largest absolute Gasteiger partial charge is 0.463 e. The Kier molecular flexibility index (Phi) is 5.39. The Hall–Kier alpha value is -0.880. The summed E-state index contributed by atoms with van der Waals surface area (Å²) < 4.78 is 5.65. The fourth-order valence-corrected chi connectivity index (χ4v) is 2.35. The summed E-state index contributed by atoms with van der Waals surface area (Å²) in [6.45, 7) is 8.23. The molecule has 0 aromatic carbocycles. The lowest BCUT2D eigenvalue weighted by Gasteiger charge is -2.34. The minimum Gasteiger partial charge on any atom is -0.463 e. The molecule has 0 saturated carbocycles. The highest BCUT2D eigenvalue weighted by molar-refractivity contribution is 5.06. The van der Waals surface area contributed by atoms with Crippen LogP contribution in [0, 0.1) is 0 Å². The molecule has 19 heavy (non-hydrogen) atoms. The van der Waals surface area contributed by atoms with Gasteiger partial charge in [0.1, 0.15) is 11.5 Å². The van der Waals surface area contributed by atoms with Crippen molar-refractivity contribution in [2.24, 2.45) is 5.73 Å². The molecule has 1 aromatic heterocycles. The van der Waals surface area contributed by atoms with E-state index in [-0.39, 0.29) is 0 Å². The number of hydrogen-bond acceptors (Lipinski definition) is 5. The maximum absolute atomic E-state index is 5.65. The average Bonchev–Trinajstić information content (AvgIpc) is 2.85. The lowest BCUT2D eigenvalue weighted by Crippen LogP contribution is -2.47. The molecule has 0 aliphatic carbocycles. The predicted octanol–water partition coefficient (Wildman–Crippen LogP) is 0.418. The molecular weight excluding hydrogens is 240 g/mol. The highest BCUT2D eigenvalue weighted by Gasteiger charge is 2.17. The molecule has 1 aromatic rings. The van der Waals surface area contributed by atoms with E-state index in [2.05, 4.69) is 28.8 Å². The average molecular weight is 266 g/mol. The van der Waals surface area contributed by atoms with Crippen LogP contribution in [0.4, 0.5) is 0 Å². The third-order valence-corrected chi connectivity index (χ3v) is 3.63. The van der Waals surface area contributed by atoms with Gasteiger partial charge in [-0.3, -0.25) is 9.80 Å². The molecule has 5 heteroatoms. The van der Waals surface area contributed by atoms with Gasteiger partial charge in [-0.25, -0.2) is 0 Å². The van der Waals surface area contributed by atoms with E-state index in [1.54, 1.807) is 0 Å². The molecule has 0 amide bonds. The molecule has 0 bridgehead atoms. The van der Waals surface area contributed by atoms with Gasteiger partial charge in [-0.05, 0) is 26.2 Å². The molecule has 1 aliphatic rings. The highest BCUT2D eigenvalue weighted by Crippen LogP contribution is 2.12. The second-order valence-corrected chi connectivity index (χ2v) is 5.49. The Balaban J connectivity index is 1.71. The highest BCUT2D eigenvalue weighted by atomic mass is 16.3. The first-order valence-electron chi connectivity index (χ1n) is 7.04.